The number of nitrogens with zero attached hydrogens (tertiary/aromatic N) is 3. The van der Waals surface area contributed by atoms with E-state index >= 15 is 0 Å². The maximum atomic E-state index is 12.6. The van der Waals surface area contributed by atoms with Crippen molar-refractivity contribution in [3.63, 3.8) is 0 Å². The molecule has 0 aromatic carbocycles. The Hall–Kier alpha value is -1.58. The topological polar surface area (TPSA) is 101 Å². The molecule has 2 saturated heterocycles. The fraction of sp³-hybridized carbons (Fsp3) is 0.643. The number of fused-ring (bicyclic) bond motifs is 1. The molecule has 9 heteroatoms. The van der Waals surface area contributed by atoms with Crippen molar-refractivity contribution in [1.29, 1.82) is 0 Å². The van der Waals surface area contributed by atoms with Gasteiger partial charge in [-0.25, -0.2) is 18.1 Å². The minimum absolute atomic E-state index is 0.124. The number of aryl methyl sites for hydroxylation is 1. The Morgan fingerprint density at radius 1 is 1.48 bits per heavy atom. The molecule has 0 aliphatic carbocycles. The van der Waals surface area contributed by atoms with Crippen LogP contribution in [0.4, 0.5) is 0 Å². The van der Waals surface area contributed by atoms with E-state index in [4.69, 9.17) is 4.74 Å². The summed E-state index contributed by atoms with van der Waals surface area (Å²) in [5.74, 6) is -0.0512. The van der Waals surface area contributed by atoms with Crippen molar-refractivity contribution < 1.29 is 17.9 Å². The third-order valence-corrected chi connectivity index (χ3v) is 5.16. The summed E-state index contributed by atoms with van der Waals surface area (Å²) >= 11 is 0. The summed E-state index contributed by atoms with van der Waals surface area (Å²) in [4.78, 5) is 22.5. The highest BCUT2D eigenvalue weighted by atomic mass is 32.2. The average molecular weight is 340 g/mol. The Morgan fingerprint density at radius 3 is 2.91 bits per heavy atom. The van der Waals surface area contributed by atoms with Crippen LogP contribution in [0.15, 0.2) is 12.4 Å². The highest BCUT2D eigenvalue weighted by molar-refractivity contribution is 7.88. The summed E-state index contributed by atoms with van der Waals surface area (Å²) in [6.07, 6.45) is 4.17. The third kappa shape index (κ3) is 3.36. The van der Waals surface area contributed by atoms with E-state index in [1.54, 1.807) is 11.1 Å². The number of rotatable bonds is 4. The van der Waals surface area contributed by atoms with E-state index in [-0.39, 0.29) is 23.8 Å². The zero-order valence-electron chi connectivity index (χ0n) is 13.2. The molecular weight excluding hydrogens is 320 g/mol. The van der Waals surface area contributed by atoms with E-state index in [2.05, 4.69) is 14.7 Å². The van der Waals surface area contributed by atoms with Gasteiger partial charge in [0.1, 0.15) is 5.69 Å². The van der Waals surface area contributed by atoms with Crippen molar-refractivity contribution in [2.45, 2.75) is 6.92 Å². The monoisotopic (exact) mass is 340 g/mol. The van der Waals surface area contributed by atoms with Crippen molar-refractivity contribution in [2.24, 2.45) is 11.3 Å². The van der Waals surface area contributed by atoms with E-state index in [9.17, 15) is 13.2 Å². The summed E-state index contributed by atoms with van der Waals surface area (Å²) in [5, 5.41) is 0. The van der Waals surface area contributed by atoms with Crippen LogP contribution in [0.1, 0.15) is 16.2 Å². The third-order valence-electron chi connectivity index (χ3n) is 4.49. The number of aromatic nitrogens is 2. The van der Waals surface area contributed by atoms with Crippen molar-refractivity contribution in [2.75, 3.05) is 39.1 Å². The van der Waals surface area contributed by atoms with Gasteiger partial charge in [-0.2, -0.15) is 0 Å². The molecule has 126 valence electrons. The van der Waals surface area contributed by atoms with Gasteiger partial charge in [0.05, 0.1) is 31.4 Å². The van der Waals surface area contributed by atoms with Gasteiger partial charge in [0.15, 0.2) is 0 Å². The van der Waals surface area contributed by atoms with Gasteiger partial charge >= 0.3 is 0 Å². The molecule has 0 radical (unpaired) electrons. The predicted octanol–water partition coefficient (Wildman–Crippen LogP) is -0.577. The molecule has 2 atom stereocenters. The molecule has 0 unspecified atom stereocenters. The SMILES string of the molecule is Cc1cnc(C(=O)N2C[C@@H]3COC[C@@]3(CNS(C)(=O)=O)C2)cn1. The second-order valence-electron chi connectivity index (χ2n) is 6.40. The van der Waals surface area contributed by atoms with Gasteiger partial charge in [-0.3, -0.25) is 9.78 Å². The minimum Gasteiger partial charge on any atom is -0.380 e. The minimum atomic E-state index is -3.28. The summed E-state index contributed by atoms with van der Waals surface area (Å²) < 4.78 is 30.9. The molecule has 2 fully saturated rings. The Kier molecular flexibility index (Phi) is 4.11. The van der Waals surface area contributed by atoms with Gasteiger partial charge in [0.2, 0.25) is 10.0 Å². The van der Waals surface area contributed by atoms with Crippen LogP contribution in [-0.4, -0.2) is 68.3 Å². The largest absolute Gasteiger partial charge is 0.380 e. The molecule has 2 aliphatic heterocycles. The molecule has 1 aromatic heterocycles. The van der Waals surface area contributed by atoms with Crippen LogP contribution in [-0.2, 0) is 14.8 Å². The first-order valence-corrected chi connectivity index (χ1v) is 9.29. The van der Waals surface area contributed by atoms with E-state index in [1.807, 2.05) is 6.92 Å². The quantitative estimate of drug-likeness (QED) is 0.787. The zero-order valence-corrected chi connectivity index (χ0v) is 14.0. The van der Waals surface area contributed by atoms with E-state index in [1.165, 1.54) is 6.20 Å². The Bertz CT molecular complexity index is 706. The molecule has 3 heterocycles. The number of nitrogens with one attached hydrogen (secondary N) is 1. The molecule has 2 aliphatic rings. The second-order valence-corrected chi connectivity index (χ2v) is 8.23. The number of hydrogen-bond donors (Lipinski definition) is 1. The predicted molar refractivity (Wildman–Crippen MR) is 82.3 cm³/mol. The molecule has 23 heavy (non-hydrogen) atoms. The molecular formula is C14H20N4O4S. The molecule has 8 nitrogen and oxygen atoms in total. The maximum Gasteiger partial charge on any atom is 0.274 e. The smallest absolute Gasteiger partial charge is 0.274 e. The van der Waals surface area contributed by atoms with E-state index in [0.29, 0.717) is 32.0 Å². The van der Waals surface area contributed by atoms with E-state index < -0.39 is 10.0 Å². The van der Waals surface area contributed by atoms with Crippen LogP contribution in [0, 0.1) is 18.3 Å². The Labute approximate surface area is 135 Å². The second kappa shape index (κ2) is 5.81. The van der Waals surface area contributed by atoms with Crippen LogP contribution < -0.4 is 4.72 Å². The normalized spacial score (nSPS) is 27.2. The first-order valence-electron chi connectivity index (χ1n) is 7.39. The number of amides is 1. The van der Waals surface area contributed by atoms with Crippen LogP contribution in [0.3, 0.4) is 0 Å². The van der Waals surface area contributed by atoms with Gasteiger partial charge in [-0.05, 0) is 6.92 Å². The fourth-order valence-corrected chi connectivity index (χ4v) is 3.73. The van der Waals surface area contributed by atoms with Crippen LogP contribution in [0.2, 0.25) is 0 Å². The highest BCUT2D eigenvalue weighted by Gasteiger charge is 2.52. The van der Waals surface area contributed by atoms with Gasteiger partial charge in [-0.15, -0.1) is 0 Å². The Morgan fingerprint density at radius 2 is 2.26 bits per heavy atom. The van der Waals surface area contributed by atoms with Crippen molar-refractivity contribution in [3.05, 3.63) is 23.8 Å². The molecule has 1 N–H and O–H groups in total. The number of ether oxygens (including phenoxy) is 1. The summed E-state index contributed by atoms with van der Waals surface area (Å²) in [6, 6.07) is 0. The number of carbonyl (C=O) groups is 1. The molecule has 0 bridgehead atoms. The lowest BCUT2D eigenvalue weighted by Crippen LogP contribution is -2.43. The van der Waals surface area contributed by atoms with Crippen molar-refractivity contribution in [1.82, 2.24) is 19.6 Å². The molecule has 0 saturated carbocycles. The zero-order chi connectivity index (χ0) is 16.7. The number of sulfonamides is 1. The lowest BCUT2D eigenvalue weighted by atomic mass is 9.81. The van der Waals surface area contributed by atoms with Gasteiger partial charge in [0, 0.05) is 37.2 Å². The first-order chi connectivity index (χ1) is 10.8. The van der Waals surface area contributed by atoms with Gasteiger partial charge < -0.3 is 9.64 Å². The maximum absolute atomic E-state index is 12.6. The number of likely N-dealkylation sites (tertiary alicyclic amines) is 1. The summed E-state index contributed by atoms with van der Waals surface area (Å²) in [6.45, 7) is 4.07. The summed E-state index contributed by atoms with van der Waals surface area (Å²) in [5.41, 5.74) is 0.696. The molecule has 1 amide bonds. The standard InChI is InChI=1S/C14H20N4O4S/c1-10-3-16-12(4-15-10)13(19)18-5-11-6-22-9-14(11,8-18)7-17-23(2,20)21/h3-4,11,17H,5-9H2,1-2H3/t11-,14-/m1/s1. The lowest BCUT2D eigenvalue weighted by molar-refractivity contribution is 0.0715. The molecule has 3 rings (SSSR count). The Balaban J connectivity index is 1.75. The molecule has 0 spiro atoms. The van der Waals surface area contributed by atoms with Crippen molar-refractivity contribution in [3.8, 4) is 0 Å². The van der Waals surface area contributed by atoms with E-state index in [0.717, 1.165) is 11.9 Å². The van der Waals surface area contributed by atoms with Crippen LogP contribution >= 0.6 is 0 Å². The average Bonchev–Trinajstić information content (AvgIpc) is 3.01. The summed E-state index contributed by atoms with van der Waals surface area (Å²) in [7, 11) is -3.28. The van der Waals surface area contributed by atoms with Gasteiger partial charge in [0.25, 0.3) is 5.91 Å². The number of hydrogen-bond acceptors (Lipinski definition) is 6. The first kappa shape index (κ1) is 16.3. The fourth-order valence-electron chi connectivity index (χ4n) is 3.18. The lowest BCUT2D eigenvalue weighted by Gasteiger charge is -2.26. The van der Waals surface area contributed by atoms with Gasteiger partial charge in [-0.1, -0.05) is 0 Å². The van der Waals surface area contributed by atoms with Crippen molar-refractivity contribution >= 4 is 15.9 Å². The highest BCUT2D eigenvalue weighted by Crippen LogP contribution is 2.41. The van der Waals surface area contributed by atoms with Crippen LogP contribution in [0.5, 0.6) is 0 Å². The number of carbonyl (C=O) groups excluding carboxylic acids is 1. The van der Waals surface area contributed by atoms with Crippen LogP contribution in [0.25, 0.3) is 0 Å². The molecule has 1 aromatic rings.